The molecule has 0 unspecified atom stereocenters. The third kappa shape index (κ3) is 6.42. The van der Waals surface area contributed by atoms with Gasteiger partial charge in [0, 0.05) is 37.4 Å². The van der Waals surface area contributed by atoms with E-state index in [0.29, 0.717) is 43.0 Å². The van der Waals surface area contributed by atoms with Crippen molar-refractivity contribution in [3.05, 3.63) is 90.0 Å². The Morgan fingerprint density at radius 1 is 0.861 bits per heavy atom. The van der Waals surface area contributed by atoms with Gasteiger partial charge in [-0.15, -0.1) is 0 Å². The van der Waals surface area contributed by atoms with Crippen LogP contribution in [0.1, 0.15) is 15.9 Å². The Morgan fingerprint density at radius 2 is 1.50 bits per heavy atom. The fourth-order valence-electron chi connectivity index (χ4n) is 4.19. The zero-order chi connectivity index (χ0) is 25.5. The molecule has 1 saturated heterocycles. The molecule has 8 nitrogen and oxygen atoms in total. The first-order chi connectivity index (χ1) is 17.3. The van der Waals surface area contributed by atoms with E-state index in [1.54, 1.807) is 60.5 Å². The number of carbonyl (C=O) groups excluding carboxylic acids is 2. The molecule has 0 aliphatic carbocycles. The Hall–Kier alpha value is -3.85. The molecule has 0 radical (unpaired) electrons. The van der Waals surface area contributed by atoms with Crippen LogP contribution in [0.4, 0.5) is 11.4 Å². The van der Waals surface area contributed by atoms with Gasteiger partial charge in [0.2, 0.25) is 5.91 Å². The second-order valence-corrected chi connectivity index (χ2v) is 10.7. The molecule has 0 aromatic heterocycles. The van der Waals surface area contributed by atoms with Gasteiger partial charge in [-0.05, 0) is 42.0 Å². The van der Waals surface area contributed by atoms with Gasteiger partial charge < -0.3 is 19.9 Å². The van der Waals surface area contributed by atoms with Crippen LogP contribution < -0.4 is 15.0 Å². The first-order valence-corrected chi connectivity index (χ1v) is 13.5. The van der Waals surface area contributed by atoms with Crippen molar-refractivity contribution >= 4 is 33.0 Å². The van der Waals surface area contributed by atoms with Crippen molar-refractivity contribution in [3.8, 4) is 5.75 Å². The van der Waals surface area contributed by atoms with Crippen LogP contribution in [0.5, 0.6) is 5.75 Å². The van der Waals surface area contributed by atoms with Crippen molar-refractivity contribution in [1.29, 1.82) is 0 Å². The van der Waals surface area contributed by atoms with Crippen LogP contribution in [0.3, 0.4) is 0 Å². The van der Waals surface area contributed by atoms with Crippen LogP contribution in [0, 0.1) is 0 Å². The Bertz CT molecular complexity index is 1300. The lowest BCUT2D eigenvalue weighted by molar-refractivity contribution is -0.113. The standard InChI is InChI=1S/C27H29N3O5S/c1-35-25-10-6-5-9-24(25)29-15-17-30(18-16-29)27(32)22-13-11-21(12-14-22)19-36(33,34)20-26(31)28-23-7-3-2-4-8-23/h2-14H,15-20H2,1H3,(H,28,31). The number of benzene rings is 3. The number of ether oxygens (including phenoxy) is 1. The summed E-state index contributed by atoms with van der Waals surface area (Å²) in [5, 5.41) is 2.59. The van der Waals surface area contributed by atoms with Crippen LogP contribution in [-0.4, -0.2) is 64.2 Å². The molecular formula is C27H29N3O5S. The fourth-order valence-corrected chi connectivity index (χ4v) is 5.46. The molecule has 3 aromatic rings. The number of hydrogen-bond donors (Lipinski definition) is 1. The quantitative estimate of drug-likeness (QED) is 0.503. The monoisotopic (exact) mass is 507 g/mol. The lowest BCUT2D eigenvalue weighted by Gasteiger charge is -2.36. The summed E-state index contributed by atoms with van der Waals surface area (Å²) in [6.45, 7) is 2.52. The maximum atomic E-state index is 13.0. The van der Waals surface area contributed by atoms with Crippen LogP contribution in [0.25, 0.3) is 0 Å². The summed E-state index contributed by atoms with van der Waals surface area (Å²) < 4.78 is 30.5. The van der Waals surface area contributed by atoms with Gasteiger partial charge in [0.15, 0.2) is 9.84 Å². The molecule has 0 saturated carbocycles. The molecule has 1 aliphatic heterocycles. The Morgan fingerprint density at radius 3 is 2.17 bits per heavy atom. The minimum Gasteiger partial charge on any atom is -0.495 e. The summed E-state index contributed by atoms with van der Waals surface area (Å²) in [4.78, 5) is 29.1. The molecule has 9 heteroatoms. The molecule has 1 heterocycles. The van der Waals surface area contributed by atoms with E-state index >= 15 is 0 Å². The van der Waals surface area contributed by atoms with Crippen LogP contribution in [-0.2, 0) is 20.4 Å². The molecule has 1 N–H and O–H groups in total. The summed E-state index contributed by atoms with van der Waals surface area (Å²) in [7, 11) is -2.02. The van der Waals surface area contributed by atoms with Gasteiger partial charge in [0.25, 0.3) is 5.91 Å². The SMILES string of the molecule is COc1ccccc1N1CCN(C(=O)c2ccc(CS(=O)(=O)CC(=O)Nc3ccccc3)cc2)CC1. The maximum Gasteiger partial charge on any atom is 0.253 e. The number of sulfone groups is 1. The number of methoxy groups -OCH3 is 1. The molecule has 1 fully saturated rings. The highest BCUT2D eigenvalue weighted by Crippen LogP contribution is 2.28. The van der Waals surface area contributed by atoms with E-state index in [0.717, 1.165) is 11.4 Å². The predicted octanol–water partition coefficient (Wildman–Crippen LogP) is 3.21. The van der Waals surface area contributed by atoms with Gasteiger partial charge in [0.05, 0.1) is 18.6 Å². The molecule has 36 heavy (non-hydrogen) atoms. The third-order valence-electron chi connectivity index (χ3n) is 5.99. The van der Waals surface area contributed by atoms with Gasteiger partial charge >= 0.3 is 0 Å². The molecule has 1 aliphatic rings. The molecule has 3 aromatic carbocycles. The highest BCUT2D eigenvalue weighted by molar-refractivity contribution is 7.91. The van der Waals surface area contributed by atoms with E-state index in [4.69, 9.17) is 4.74 Å². The highest BCUT2D eigenvalue weighted by Gasteiger charge is 2.24. The number of nitrogens with one attached hydrogen (secondary N) is 1. The largest absolute Gasteiger partial charge is 0.495 e. The second-order valence-electron chi connectivity index (χ2n) is 8.59. The number of nitrogens with zero attached hydrogens (tertiary/aromatic N) is 2. The molecular weight excluding hydrogens is 478 g/mol. The summed E-state index contributed by atoms with van der Waals surface area (Å²) in [5.74, 6) is -0.757. The second kappa shape index (κ2) is 11.3. The van der Waals surface area contributed by atoms with Crippen molar-refractivity contribution in [2.24, 2.45) is 0 Å². The van der Waals surface area contributed by atoms with E-state index in [1.165, 1.54) is 0 Å². The topological polar surface area (TPSA) is 96.0 Å². The Kier molecular flexibility index (Phi) is 7.90. The number of rotatable bonds is 8. The van der Waals surface area contributed by atoms with Crippen molar-refractivity contribution in [2.75, 3.05) is 49.3 Å². The molecule has 2 amide bonds. The van der Waals surface area contributed by atoms with Crippen molar-refractivity contribution in [3.63, 3.8) is 0 Å². The highest BCUT2D eigenvalue weighted by atomic mass is 32.2. The first kappa shape index (κ1) is 25.2. The van der Waals surface area contributed by atoms with E-state index < -0.39 is 21.5 Å². The number of hydrogen-bond acceptors (Lipinski definition) is 6. The minimum atomic E-state index is -3.67. The minimum absolute atomic E-state index is 0.0914. The van der Waals surface area contributed by atoms with Gasteiger partial charge in [-0.3, -0.25) is 9.59 Å². The zero-order valence-corrected chi connectivity index (χ0v) is 20.9. The van der Waals surface area contributed by atoms with Gasteiger partial charge in [-0.1, -0.05) is 42.5 Å². The molecule has 0 spiro atoms. The number of para-hydroxylation sites is 3. The normalized spacial score (nSPS) is 13.8. The summed E-state index contributed by atoms with van der Waals surface area (Å²) in [5.41, 5.74) is 2.59. The maximum absolute atomic E-state index is 13.0. The first-order valence-electron chi connectivity index (χ1n) is 11.7. The summed E-state index contributed by atoms with van der Waals surface area (Å²) >= 11 is 0. The zero-order valence-electron chi connectivity index (χ0n) is 20.1. The van der Waals surface area contributed by atoms with E-state index in [-0.39, 0.29) is 11.7 Å². The fraction of sp³-hybridized carbons (Fsp3) is 0.259. The van der Waals surface area contributed by atoms with Crippen molar-refractivity contribution in [1.82, 2.24) is 4.90 Å². The Balaban J connectivity index is 1.31. The Labute approximate surface area is 211 Å². The van der Waals surface area contributed by atoms with Gasteiger partial charge in [-0.25, -0.2) is 8.42 Å². The third-order valence-corrected chi connectivity index (χ3v) is 7.46. The van der Waals surface area contributed by atoms with E-state index in [9.17, 15) is 18.0 Å². The number of carbonyl (C=O) groups is 2. The molecule has 4 rings (SSSR count). The van der Waals surface area contributed by atoms with Gasteiger partial charge in [-0.2, -0.15) is 0 Å². The number of anilines is 2. The average Bonchev–Trinajstić information content (AvgIpc) is 2.88. The van der Waals surface area contributed by atoms with Crippen LogP contribution >= 0.6 is 0 Å². The average molecular weight is 508 g/mol. The molecule has 0 atom stereocenters. The van der Waals surface area contributed by atoms with Crippen LogP contribution in [0.2, 0.25) is 0 Å². The number of piperazine rings is 1. The molecule has 188 valence electrons. The molecule has 0 bridgehead atoms. The van der Waals surface area contributed by atoms with Crippen LogP contribution in [0.15, 0.2) is 78.9 Å². The van der Waals surface area contributed by atoms with Gasteiger partial charge in [0.1, 0.15) is 11.5 Å². The van der Waals surface area contributed by atoms with Crippen molar-refractivity contribution in [2.45, 2.75) is 5.75 Å². The summed E-state index contributed by atoms with van der Waals surface area (Å²) in [6, 6.07) is 23.1. The lowest BCUT2D eigenvalue weighted by atomic mass is 10.1. The predicted molar refractivity (Wildman–Crippen MR) is 140 cm³/mol. The smallest absolute Gasteiger partial charge is 0.253 e. The van der Waals surface area contributed by atoms with E-state index in [1.807, 2.05) is 30.3 Å². The lowest BCUT2D eigenvalue weighted by Crippen LogP contribution is -2.48. The van der Waals surface area contributed by atoms with E-state index in [2.05, 4.69) is 10.2 Å². The number of amides is 2. The van der Waals surface area contributed by atoms with Crippen molar-refractivity contribution < 1.29 is 22.7 Å². The summed E-state index contributed by atoms with van der Waals surface area (Å²) in [6.07, 6.45) is 0.